The Morgan fingerprint density at radius 1 is 0.962 bits per heavy atom. The number of amides is 3. The summed E-state index contributed by atoms with van der Waals surface area (Å²) in [7, 11) is 0. The first-order valence-corrected chi connectivity index (χ1v) is 9.06. The summed E-state index contributed by atoms with van der Waals surface area (Å²) in [6, 6.07) is 3.22. The number of hydrogen-bond donors (Lipinski definition) is 0. The van der Waals surface area contributed by atoms with Gasteiger partial charge in [-0.3, -0.25) is 14.6 Å². The van der Waals surface area contributed by atoms with Crippen LogP contribution in [0.5, 0.6) is 0 Å². The molecule has 8 heteroatoms. The molecule has 0 N–H and O–H groups in total. The summed E-state index contributed by atoms with van der Waals surface area (Å²) < 4.78 is 4.98. The van der Waals surface area contributed by atoms with Crippen LogP contribution >= 0.6 is 0 Å². The van der Waals surface area contributed by atoms with Crippen LogP contribution in [0.15, 0.2) is 18.3 Å². The second kappa shape index (κ2) is 8.16. The number of carbonyl (C=O) groups excluding carboxylic acids is 3. The molecule has 0 spiro atoms. The van der Waals surface area contributed by atoms with E-state index in [1.165, 1.54) is 6.20 Å². The minimum Gasteiger partial charge on any atom is -0.450 e. The van der Waals surface area contributed by atoms with Crippen LogP contribution in [0.2, 0.25) is 0 Å². The van der Waals surface area contributed by atoms with Crippen LogP contribution < -0.4 is 0 Å². The van der Waals surface area contributed by atoms with E-state index in [9.17, 15) is 14.4 Å². The van der Waals surface area contributed by atoms with Gasteiger partial charge in [-0.1, -0.05) is 0 Å². The van der Waals surface area contributed by atoms with Gasteiger partial charge < -0.3 is 19.4 Å². The molecule has 2 aliphatic heterocycles. The highest BCUT2D eigenvalue weighted by Gasteiger charge is 2.27. The second-order valence-corrected chi connectivity index (χ2v) is 6.41. The van der Waals surface area contributed by atoms with Crippen molar-refractivity contribution in [3.63, 3.8) is 0 Å². The Bertz CT molecular complexity index is 680. The molecule has 0 saturated carbocycles. The first kappa shape index (κ1) is 18.2. The van der Waals surface area contributed by atoms with E-state index >= 15 is 0 Å². The van der Waals surface area contributed by atoms with E-state index in [-0.39, 0.29) is 23.6 Å². The molecule has 3 amide bonds. The summed E-state index contributed by atoms with van der Waals surface area (Å²) in [6.45, 7) is 5.32. The number of ether oxygens (including phenoxy) is 1. The number of piperazine rings is 1. The zero-order chi connectivity index (χ0) is 18.5. The molecular formula is C18H24N4O4. The average Bonchev–Trinajstić information content (AvgIpc) is 3.22. The fraction of sp³-hybridized carbons (Fsp3) is 0.556. The van der Waals surface area contributed by atoms with Gasteiger partial charge in [0, 0.05) is 51.0 Å². The Morgan fingerprint density at radius 3 is 2.23 bits per heavy atom. The highest BCUT2D eigenvalue weighted by molar-refractivity contribution is 5.98. The van der Waals surface area contributed by atoms with Crippen LogP contribution in [0.25, 0.3) is 0 Å². The maximum atomic E-state index is 12.7. The van der Waals surface area contributed by atoms with E-state index in [2.05, 4.69) is 4.98 Å². The number of nitrogens with zero attached hydrogens (tertiary/aromatic N) is 4. The van der Waals surface area contributed by atoms with Crippen molar-refractivity contribution in [2.45, 2.75) is 19.8 Å². The maximum Gasteiger partial charge on any atom is 0.409 e. The summed E-state index contributed by atoms with van der Waals surface area (Å²) in [5.41, 5.74) is 0.759. The monoisotopic (exact) mass is 360 g/mol. The summed E-state index contributed by atoms with van der Waals surface area (Å²) >= 11 is 0. The Kier molecular flexibility index (Phi) is 5.70. The minimum absolute atomic E-state index is 0.0499. The summed E-state index contributed by atoms with van der Waals surface area (Å²) in [4.78, 5) is 46.1. The molecule has 3 heterocycles. The van der Waals surface area contributed by atoms with Crippen LogP contribution in [0.1, 0.15) is 40.6 Å². The highest BCUT2D eigenvalue weighted by Crippen LogP contribution is 2.15. The van der Waals surface area contributed by atoms with Gasteiger partial charge in [0.15, 0.2) is 0 Å². The van der Waals surface area contributed by atoms with Gasteiger partial charge in [-0.15, -0.1) is 0 Å². The molecule has 2 aliphatic rings. The lowest BCUT2D eigenvalue weighted by atomic mass is 10.2. The molecule has 0 unspecified atom stereocenters. The predicted molar refractivity (Wildman–Crippen MR) is 93.9 cm³/mol. The van der Waals surface area contributed by atoms with Crippen molar-refractivity contribution in [2.24, 2.45) is 0 Å². The molecule has 8 nitrogen and oxygen atoms in total. The summed E-state index contributed by atoms with van der Waals surface area (Å²) in [5.74, 6) is -0.268. The van der Waals surface area contributed by atoms with Crippen LogP contribution in [-0.4, -0.2) is 83.5 Å². The standard InChI is InChI=1S/C18H24N4O4/c1-2-26-18(25)22-11-9-21(10-12-22)17(24)15-13-14(5-6-19-15)16(23)20-7-3-4-8-20/h5-6,13H,2-4,7-12H2,1H3. The zero-order valence-electron chi connectivity index (χ0n) is 15.0. The molecule has 1 aromatic heterocycles. The number of hydrogen-bond acceptors (Lipinski definition) is 5. The number of likely N-dealkylation sites (tertiary alicyclic amines) is 1. The molecule has 1 aromatic rings. The number of pyridine rings is 1. The van der Waals surface area contributed by atoms with Gasteiger partial charge in [0.2, 0.25) is 0 Å². The third-order valence-electron chi connectivity index (χ3n) is 4.71. The molecule has 0 bridgehead atoms. The fourth-order valence-corrected chi connectivity index (χ4v) is 3.25. The number of rotatable bonds is 3. The van der Waals surface area contributed by atoms with Crippen molar-refractivity contribution < 1.29 is 19.1 Å². The van der Waals surface area contributed by atoms with Gasteiger partial charge in [0.05, 0.1) is 6.61 Å². The number of carbonyl (C=O) groups is 3. The Hall–Kier alpha value is -2.64. The van der Waals surface area contributed by atoms with Crippen molar-refractivity contribution in [1.82, 2.24) is 19.7 Å². The third-order valence-corrected chi connectivity index (χ3v) is 4.71. The van der Waals surface area contributed by atoms with Crippen molar-refractivity contribution in [3.8, 4) is 0 Å². The van der Waals surface area contributed by atoms with E-state index < -0.39 is 0 Å². The van der Waals surface area contributed by atoms with Gasteiger partial charge in [-0.25, -0.2) is 4.79 Å². The minimum atomic E-state index is -0.351. The van der Waals surface area contributed by atoms with Crippen molar-refractivity contribution in [1.29, 1.82) is 0 Å². The zero-order valence-corrected chi connectivity index (χ0v) is 15.0. The largest absolute Gasteiger partial charge is 0.450 e. The molecule has 0 atom stereocenters. The molecule has 26 heavy (non-hydrogen) atoms. The van der Waals surface area contributed by atoms with E-state index in [0.717, 1.165) is 25.9 Å². The third kappa shape index (κ3) is 3.95. The predicted octanol–water partition coefficient (Wildman–Crippen LogP) is 1.23. The normalized spacial score (nSPS) is 17.3. The molecule has 2 saturated heterocycles. The topological polar surface area (TPSA) is 83.0 Å². The van der Waals surface area contributed by atoms with Crippen LogP contribution in [0.3, 0.4) is 0 Å². The molecule has 0 aliphatic carbocycles. The van der Waals surface area contributed by atoms with Crippen LogP contribution in [-0.2, 0) is 4.74 Å². The molecule has 3 rings (SSSR count). The summed E-state index contributed by atoms with van der Waals surface area (Å²) in [6.07, 6.45) is 3.20. The molecule has 2 fully saturated rings. The lowest BCUT2D eigenvalue weighted by molar-refractivity contribution is 0.0566. The van der Waals surface area contributed by atoms with E-state index in [4.69, 9.17) is 4.74 Å². The molecule has 140 valence electrons. The SMILES string of the molecule is CCOC(=O)N1CCN(C(=O)c2cc(C(=O)N3CCCC3)ccn2)CC1. The van der Waals surface area contributed by atoms with E-state index in [1.807, 2.05) is 4.90 Å². The van der Waals surface area contributed by atoms with Crippen LogP contribution in [0, 0.1) is 0 Å². The van der Waals surface area contributed by atoms with Gasteiger partial charge in [-0.2, -0.15) is 0 Å². The van der Waals surface area contributed by atoms with Gasteiger partial charge in [-0.05, 0) is 31.9 Å². The van der Waals surface area contributed by atoms with Crippen molar-refractivity contribution in [2.75, 3.05) is 45.9 Å². The fourth-order valence-electron chi connectivity index (χ4n) is 3.25. The first-order chi connectivity index (χ1) is 12.6. The van der Waals surface area contributed by atoms with Crippen molar-refractivity contribution >= 4 is 17.9 Å². The van der Waals surface area contributed by atoms with Crippen LogP contribution in [0.4, 0.5) is 4.79 Å². The Morgan fingerprint density at radius 2 is 1.58 bits per heavy atom. The smallest absolute Gasteiger partial charge is 0.409 e. The molecule has 0 radical (unpaired) electrons. The van der Waals surface area contributed by atoms with Gasteiger partial charge in [0.1, 0.15) is 5.69 Å². The van der Waals surface area contributed by atoms with E-state index in [1.54, 1.807) is 28.9 Å². The lowest BCUT2D eigenvalue weighted by Crippen LogP contribution is -2.50. The van der Waals surface area contributed by atoms with Gasteiger partial charge in [0.25, 0.3) is 11.8 Å². The molecular weight excluding hydrogens is 336 g/mol. The highest BCUT2D eigenvalue weighted by atomic mass is 16.6. The number of aromatic nitrogens is 1. The lowest BCUT2D eigenvalue weighted by Gasteiger charge is -2.33. The average molecular weight is 360 g/mol. The van der Waals surface area contributed by atoms with Crippen molar-refractivity contribution in [3.05, 3.63) is 29.6 Å². The quantitative estimate of drug-likeness (QED) is 0.810. The summed E-state index contributed by atoms with van der Waals surface area (Å²) in [5, 5.41) is 0. The Labute approximate surface area is 152 Å². The Balaban J connectivity index is 1.62. The molecule has 0 aromatic carbocycles. The first-order valence-electron chi connectivity index (χ1n) is 9.06. The second-order valence-electron chi connectivity index (χ2n) is 6.41. The van der Waals surface area contributed by atoms with E-state index in [0.29, 0.717) is 38.3 Å². The van der Waals surface area contributed by atoms with Gasteiger partial charge >= 0.3 is 6.09 Å². The maximum absolute atomic E-state index is 12.7.